The van der Waals surface area contributed by atoms with Gasteiger partial charge in [-0.05, 0) is 47.5 Å². The third-order valence-electron chi connectivity index (χ3n) is 6.03. The number of fused-ring (bicyclic) bond motifs is 1. The molecule has 2 aromatic heterocycles. The molecule has 0 radical (unpaired) electrons. The van der Waals surface area contributed by atoms with Gasteiger partial charge in [0.25, 0.3) is 0 Å². The minimum atomic E-state index is -0.866. The molecule has 0 bridgehead atoms. The summed E-state index contributed by atoms with van der Waals surface area (Å²) < 4.78 is 19.7. The number of carboxylic acid groups (broad SMARTS) is 1. The molecule has 192 valence electrons. The maximum absolute atomic E-state index is 11.5. The molecule has 0 spiro atoms. The SMILES string of the molecule is O=C(O)Cc1cn(Cc2ccccc2)c2ccc(OCCOc3cccc(OCc4cccnc4)c3)cc12. The molecule has 5 rings (SSSR count). The van der Waals surface area contributed by atoms with Crippen LogP contribution in [0.1, 0.15) is 16.7 Å². The van der Waals surface area contributed by atoms with Crippen LogP contribution < -0.4 is 14.2 Å². The van der Waals surface area contributed by atoms with Crippen LogP contribution in [0.4, 0.5) is 0 Å². The van der Waals surface area contributed by atoms with Crippen molar-refractivity contribution in [3.8, 4) is 17.2 Å². The number of carbonyl (C=O) groups is 1. The summed E-state index contributed by atoms with van der Waals surface area (Å²) in [5, 5.41) is 10.3. The Hall–Kier alpha value is -4.78. The van der Waals surface area contributed by atoms with Crippen LogP contribution in [-0.2, 0) is 24.4 Å². The average Bonchev–Trinajstić information content (AvgIpc) is 3.26. The Balaban J connectivity index is 1.20. The number of aromatic nitrogens is 2. The molecule has 0 aliphatic carbocycles. The number of hydrogen-bond donors (Lipinski definition) is 1. The summed E-state index contributed by atoms with van der Waals surface area (Å²) in [5.41, 5.74) is 3.87. The fraction of sp³-hybridized carbons (Fsp3) is 0.161. The highest BCUT2D eigenvalue weighted by molar-refractivity contribution is 5.88. The summed E-state index contributed by atoms with van der Waals surface area (Å²) in [4.78, 5) is 15.6. The number of carboxylic acids is 1. The summed E-state index contributed by atoms with van der Waals surface area (Å²) in [6, 6.07) is 27.2. The smallest absolute Gasteiger partial charge is 0.307 e. The van der Waals surface area contributed by atoms with Gasteiger partial charge in [0.1, 0.15) is 37.1 Å². The third-order valence-corrected chi connectivity index (χ3v) is 6.03. The number of pyridine rings is 1. The number of rotatable bonds is 12. The normalized spacial score (nSPS) is 10.8. The lowest BCUT2D eigenvalue weighted by Gasteiger charge is -2.11. The molecule has 0 saturated heterocycles. The Labute approximate surface area is 220 Å². The van der Waals surface area contributed by atoms with Gasteiger partial charge in [-0.1, -0.05) is 42.5 Å². The monoisotopic (exact) mass is 508 g/mol. The van der Waals surface area contributed by atoms with Gasteiger partial charge >= 0.3 is 5.97 Å². The summed E-state index contributed by atoms with van der Waals surface area (Å²) in [5.74, 6) is 1.20. The molecule has 5 aromatic rings. The van der Waals surface area contributed by atoms with Gasteiger partial charge in [0.05, 0.1) is 6.42 Å². The third kappa shape index (κ3) is 6.50. The number of nitrogens with zero attached hydrogens (tertiary/aromatic N) is 2. The second-order valence-electron chi connectivity index (χ2n) is 8.84. The minimum absolute atomic E-state index is 0.0515. The predicted molar refractivity (Wildman–Crippen MR) is 145 cm³/mol. The van der Waals surface area contributed by atoms with Crippen LogP contribution >= 0.6 is 0 Å². The van der Waals surface area contributed by atoms with Gasteiger partial charge in [-0.25, -0.2) is 0 Å². The lowest BCUT2D eigenvalue weighted by atomic mass is 10.1. The van der Waals surface area contributed by atoms with Crippen molar-refractivity contribution in [3.05, 3.63) is 120 Å². The van der Waals surface area contributed by atoms with Gasteiger partial charge in [-0.3, -0.25) is 9.78 Å². The first-order valence-electron chi connectivity index (χ1n) is 12.4. The molecule has 0 unspecified atom stereocenters. The highest BCUT2D eigenvalue weighted by Crippen LogP contribution is 2.28. The molecule has 0 amide bonds. The molecule has 0 aliphatic rings. The van der Waals surface area contributed by atoms with E-state index in [1.165, 1.54) is 0 Å². The molecule has 38 heavy (non-hydrogen) atoms. The van der Waals surface area contributed by atoms with E-state index in [0.29, 0.717) is 43.6 Å². The topological polar surface area (TPSA) is 82.8 Å². The number of benzene rings is 3. The van der Waals surface area contributed by atoms with Gasteiger partial charge in [-0.15, -0.1) is 0 Å². The van der Waals surface area contributed by atoms with Gasteiger partial charge in [-0.2, -0.15) is 0 Å². The van der Waals surface area contributed by atoms with Crippen LogP contribution in [0.5, 0.6) is 17.2 Å². The van der Waals surface area contributed by atoms with Gasteiger partial charge in [0, 0.05) is 47.7 Å². The van der Waals surface area contributed by atoms with E-state index in [0.717, 1.165) is 27.6 Å². The highest BCUT2D eigenvalue weighted by atomic mass is 16.5. The lowest BCUT2D eigenvalue weighted by Crippen LogP contribution is -2.09. The maximum Gasteiger partial charge on any atom is 0.307 e. The zero-order chi connectivity index (χ0) is 26.2. The largest absolute Gasteiger partial charge is 0.490 e. The van der Waals surface area contributed by atoms with E-state index in [4.69, 9.17) is 14.2 Å². The molecule has 2 heterocycles. The molecule has 0 saturated carbocycles. The molecule has 3 aromatic carbocycles. The molecule has 0 fully saturated rings. The zero-order valence-electron chi connectivity index (χ0n) is 20.8. The van der Waals surface area contributed by atoms with Crippen molar-refractivity contribution >= 4 is 16.9 Å². The fourth-order valence-corrected chi connectivity index (χ4v) is 4.28. The van der Waals surface area contributed by atoms with E-state index in [1.807, 2.05) is 79.0 Å². The van der Waals surface area contributed by atoms with E-state index in [-0.39, 0.29) is 6.42 Å². The van der Waals surface area contributed by atoms with Crippen molar-refractivity contribution in [2.24, 2.45) is 0 Å². The molecule has 7 nitrogen and oxygen atoms in total. The van der Waals surface area contributed by atoms with Crippen molar-refractivity contribution in [1.29, 1.82) is 0 Å². The van der Waals surface area contributed by atoms with Crippen LogP contribution in [0.15, 0.2) is 104 Å². The molecule has 0 aliphatic heterocycles. The molecule has 7 heteroatoms. The summed E-state index contributed by atoms with van der Waals surface area (Å²) in [6.45, 7) is 1.78. The number of hydrogen-bond acceptors (Lipinski definition) is 5. The summed E-state index contributed by atoms with van der Waals surface area (Å²) in [6.07, 6.45) is 5.37. The van der Waals surface area contributed by atoms with Gasteiger partial charge in [0.2, 0.25) is 0 Å². The standard InChI is InChI=1S/C31H28N2O5/c34-31(35)16-25-21-33(20-23-6-2-1-3-7-23)30-12-11-28(18-29(25)30)37-15-14-36-26-9-4-10-27(17-26)38-22-24-8-5-13-32-19-24/h1-13,17-19,21H,14-16,20,22H2,(H,34,35). The summed E-state index contributed by atoms with van der Waals surface area (Å²) >= 11 is 0. The van der Waals surface area contributed by atoms with Crippen LogP contribution in [0, 0.1) is 0 Å². The quantitative estimate of drug-likeness (QED) is 0.216. The van der Waals surface area contributed by atoms with E-state index in [9.17, 15) is 9.90 Å². The molecule has 1 N–H and O–H groups in total. The van der Waals surface area contributed by atoms with Crippen molar-refractivity contribution < 1.29 is 24.1 Å². The second-order valence-corrected chi connectivity index (χ2v) is 8.84. The van der Waals surface area contributed by atoms with Crippen molar-refractivity contribution in [3.63, 3.8) is 0 Å². The Morgan fingerprint density at radius 1 is 0.789 bits per heavy atom. The van der Waals surface area contributed by atoms with E-state index >= 15 is 0 Å². The van der Waals surface area contributed by atoms with E-state index in [2.05, 4.69) is 21.7 Å². The van der Waals surface area contributed by atoms with Crippen molar-refractivity contribution in [1.82, 2.24) is 9.55 Å². The second kappa shape index (κ2) is 12.0. The fourth-order valence-electron chi connectivity index (χ4n) is 4.28. The minimum Gasteiger partial charge on any atom is -0.490 e. The van der Waals surface area contributed by atoms with E-state index < -0.39 is 5.97 Å². The molecular weight excluding hydrogens is 480 g/mol. The first kappa shape index (κ1) is 24.9. The highest BCUT2D eigenvalue weighted by Gasteiger charge is 2.13. The van der Waals surface area contributed by atoms with Crippen molar-refractivity contribution in [2.75, 3.05) is 13.2 Å². The van der Waals surface area contributed by atoms with Gasteiger partial charge in [0.15, 0.2) is 0 Å². The summed E-state index contributed by atoms with van der Waals surface area (Å²) in [7, 11) is 0. The number of aliphatic carboxylic acids is 1. The zero-order valence-corrected chi connectivity index (χ0v) is 20.8. The van der Waals surface area contributed by atoms with E-state index in [1.54, 1.807) is 12.4 Å². The Morgan fingerprint density at radius 2 is 1.53 bits per heavy atom. The first-order chi connectivity index (χ1) is 18.6. The average molecular weight is 509 g/mol. The Bertz CT molecular complexity index is 1500. The van der Waals surface area contributed by atoms with Crippen molar-refractivity contribution in [2.45, 2.75) is 19.6 Å². The molecular formula is C31H28N2O5. The number of ether oxygens (including phenoxy) is 3. The lowest BCUT2D eigenvalue weighted by molar-refractivity contribution is -0.136. The maximum atomic E-state index is 11.5. The Morgan fingerprint density at radius 3 is 2.26 bits per heavy atom. The van der Waals surface area contributed by atoms with Crippen LogP contribution in [0.3, 0.4) is 0 Å². The van der Waals surface area contributed by atoms with Crippen LogP contribution in [0.25, 0.3) is 10.9 Å². The first-order valence-corrected chi connectivity index (χ1v) is 12.4. The Kier molecular flexibility index (Phi) is 7.84. The van der Waals surface area contributed by atoms with Gasteiger partial charge < -0.3 is 23.9 Å². The molecule has 0 atom stereocenters. The van der Waals surface area contributed by atoms with Crippen LogP contribution in [-0.4, -0.2) is 33.8 Å². The predicted octanol–water partition coefficient (Wildman–Crippen LogP) is 5.75. The van der Waals surface area contributed by atoms with Crippen LogP contribution in [0.2, 0.25) is 0 Å².